The van der Waals surface area contributed by atoms with E-state index in [-0.39, 0.29) is 6.10 Å². The van der Waals surface area contributed by atoms with Gasteiger partial charge < -0.3 is 10.1 Å². The van der Waals surface area contributed by atoms with Crippen molar-refractivity contribution in [3.8, 4) is 0 Å². The Morgan fingerprint density at radius 1 is 1.31 bits per heavy atom. The maximum Gasteiger partial charge on any atom is 0.0667 e. The summed E-state index contributed by atoms with van der Waals surface area (Å²) >= 11 is 0. The SMILES string of the molecule is CO[C@@H](C)CNCc1ccccc1. The Morgan fingerprint density at radius 3 is 2.62 bits per heavy atom. The van der Waals surface area contributed by atoms with Gasteiger partial charge in [-0.3, -0.25) is 0 Å². The van der Waals surface area contributed by atoms with Crippen LogP contribution in [0.4, 0.5) is 0 Å². The quantitative estimate of drug-likeness (QED) is 0.744. The summed E-state index contributed by atoms with van der Waals surface area (Å²) in [5, 5.41) is 3.33. The minimum absolute atomic E-state index is 0.281. The Kier molecular flexibility index (Phi) is 4.50. The molecular weight excluding hydrogens is 162 g/mol. The normalized spacial score (nSPS) is 12.8. The molecule has 0 fully saturated rings. The molecule has 1 atom stereocenters. The third-order valence-corrected chi connectivity index (χ3v) is 2.01. The van der Waals surface area contributed by atoms with Crippen LogP contribution < -0.4 is 5.32 Å². The van der Waals surface area contributed by atoms with Crippen LogP contribution in [0.5, 0.6) is 0 Å². The van der Waals surface area contributed by atoms with E-state index in [0.29, 0.717) is 0 Å². The molecule has 1 N–H and O–H groups in total. The number of ether oxygens (including phenoxy) is 1. The van der Waals surface area contributed by atoms with Gasteiger partial charge in [0.1, 0.15) is 0 Å². The van der Waals surface area contributed by atoms with E-state index in [0.717, 1.165) is 13.1 Å². The second kappa shape index (κ2) is 5.73. The van der Waals surface area contributed by atoms with E-state index >= 15 is 0 Å². The number of nitrogens with one attached hydrogen (secondary N) is 1. The fraction of sp³-hybridized carbons (Fsp3) is 0.455. The summed E-state index contributed by atoms with van der Waals surface area (Å²) in [6.07, 6.45) is 0.281. The fourth-order valence-corrected chi connectivity index (χ4v) is 1.10. The van der Waals surface area contributed by atoms with Crippen LogP contribution >= 0.6 is 0 Å². The number of methoxy groups -OCH3 is 1. The Morgan fingerprint density at radius 2 is 2.00 bits per heavy atom. The molecule has 2 nitrogen and oxygen atoms in total. The minimum atomic E-state index is 0.281. The molecule has 1 aromatic rings. The molecule has 0 aliphatic rings. The molecule has 0 amide bonds. The van der Waals surface area contributed by atoms with Gasteiger partial charge in [0.05, 0.1) is 6.10 Å². The van der Waals surface area contributed by atoms with Crippen molar-refractivity contribution < 1.29 is 4.74 Å². The summed E-state index contributed by atoms with van der Waals surface area (Å²) in [5.74, 6) is 0. The van der Waals surface area contributed by atoms with E-state index in [1.54, 1.807) is 7.11 Å². The molecule has 0 aromatic heterocycles. The van der Waals surface area contributed by atoms with Crippen molar-refractivity contribution in [2.45, 2.75) is 19.6 Å². The first-order valence-corrected chi connectivity index (χ1v) is 4.60. The Hall–Kier alpha value is -0.860. The molecule has 2 heteroatoms. The van der Waals surface area contributed by atoms with Crippen molar-refractivity contribution in [2.75, 3.05) is 13.7 Å². The first-order chi connectivity index (χ1) is 6.33. The van der Waals surface area contributed by atoms with Crippen molar-refractivity contribution in [3.63, 3.8) is 0 Å². The van der Waals surface area contributed by atoms with Gasteiger partial charge in [0.2, 0.25) is 0 Å². The Balaban J connectivity index is 2.20. The highest BCUT2D eigenvalue weighted by molar-refractivity contribution is 5.14. The van der Waals surface area contributed by atoms with Crippen LogP contribution in [-0.4, -0.2) is 19.8 Å². The average Bonchev–Trinajstić information content (AvgIpc) is 2.19. The smallest absolute Gasteiger partial charge is 0.0667 e. The molecular formula is C11H17NO. The van der Waals surface area contributed by atoms with Crippen LogP contribution in [0.1, 0.15) is 12.5 Å². The van der Waals surface area contributed by atoms with Gasteiger partial charge in [-0.15, -0.1) is 0 Å². The van der Waals surface area contributed by atoms with Crippen molar-refractivity contribution in [3.05, 3.63) is 35.9 Å². The largest absolute Gasteiger partial charge is 0.380 e. The summed E-state index contributed by atoms with van der Waals surface area (Å²) in [5.41, 5.74) is 1.31. The summed E-state index contributed by atoms with van der Waals surface area (Å²) < 4.78 is 5.13. The lowest BCUT2D eigenvalue weighted by atomic mass is 10.2. The van der Waals surface area contributed by atoms with Crippen LogP contribution in [0, 0.1) is 0 Å². The van der Waals surface area contributed by atoms with Crippen LogP contribution in [0.15, 0.2) is 30.3 Å². The van der Waals surface area contributed by atoms with Gasteiger partial charge in [0, 0.05) is 20.2 Å². The first kappa shape index (κ1) is 10.2. The van der Waals surface area contributed by atoms with Crippen molar-refractivity contribution in [1.82, 2.24) is 5.32 Å². The minimum Gasteiger partial charge on any atom is -0.380 e. The van der Waals surface area contributed by atoms with Gasteiger partial charge in [0.25, 0.3) is 0 Å². The molecule has 0 unspecified atom stereocenters. The summed E-state index contributed by atoms with van der Waals surface area (Å²) in [6.45, 7) is 3.86. The van der Waals surface area contributed by atoms with E-state index in [4.69, 9.17) is 4.74 Å². The predicted octanol–water partition coefficient (Wildman–Crippen LogP) is 1.81. The lowest BCUT2D eigenvalue weighted by molar-refractivity contribution is 0.117. The second-order valence-electron chi connectivity index (χ2n) is 3.16. The maximum absolute atomic E-state index is 5.13. The number of benzene rings is 1. The molecule has 0 saturated heterocycles. The van der Waals surface area contributed by atoms with Gasteiger partial charge in [0.15, 0.2) is 0 Å². The van der Waals surface area contributed by atoms with Crippen molar-refractivity contribution in [2.24, 2.45) is 0 Å². The van der Waals surface area contributed by atoms with Gasteiger partial charge in [-0.25, -0.2) is 0 Å². The van der Waals surface area contributed by atoms with Gasteiger partial charge in [-0.2, -0.15) is 0 Å². The highest BCUT2D eigenvalue weighted by atomic mass is 16.5. The standard InChI is InChI=1S/C11H17NO/c1-10(13-2)8-12-9-11-6-4-3-5-7-11/h3-7,10,12H,8-9H2,1-2H3/t10-/m0/s1. The van der Waals surface area contributed by atoms with E-state index in [2.05, 4.69) is 36.5 Å². The zero-order chi connectivity index (χ0) is 9.52. The maximum atomic E-state index is 5.13. The molecule has 0 saturated carbocycles. The molecule has 1 aromatic carbocycles. The van der Waals surface area contributed by atoms with E-state index in [9.17, 15) is 0 Å². The summed E-state index contributed by atoms with van der Waals surface area (Å²) in [6, 6.07) is 10.4. The summed E-state index contributed by atoms with van der Waals surface area (Å²) in [4.78, 5) is 0. The molecule has 1 rings (SSSR count). The predicted molar refractivity (Wildman–Crippen MR) is 54.6 cm³/mol. The van der Waals surface area contributed by atoms with Crippen LogP contribution in [-0.2, 0) is 11.3 Å². The lowest BCUT2D eigenvalue weighted by Gasteiger charge is -2.10. The monoisotopic (exact) mass is 179 g/mol. The average molecular weight is 179 g/mol. The number of rotatable bonds is 5. The Labute approximate surface area is 79.9 Å². The highest BCUT2D eigenvalue weighted by Gasteiger charge is 1.97. The number of hydrogen-bond donors (Lipinski definition) is 1. The second-order valence-corrected chi connectivity index (χ2v) is 3.16. The molecule has 0 heterocycles. The Bertz CT molecular complexity index is 223. The van der Waals surface area contributed by atoms with Crippen LogP contribution in [0.25, 0.3) is 0 Å². The fourth-order valence-electron chi connectivity index (χ4n) is 1.10. The van der Waals surface area contributed by atoms with Crippen LogP contribution in [0.2, 0.25) is 0 Å². The van der Waals surface area contributed by atoms with Crippen molar-refractivity contribution in [1.29, 1.82) is 0 Å². The molecule has 0 radical (unpaired) electrons. The molecule has 72 valence electrons. The van der Waals surface area contributed by atoms with E-state index in [1.165, 1.54) is 5.56 Å². The highest BCUT2D eigenvalue weighted by Crippen LogP contribution is 1.97. The summed E-state index contributed by atoms with van der Waals surface area (Å²) in [7, 11) is 1.73. The lowest BCUT2D eigenvalue weighted by Crippen LogP contribution is -2.25. The van der Waals surface area contributed by atoms with E-state index in [1.807, 2.05) is 6.07 Å². The third-order valence-electron chi connectivity index (χ3n) is 2.01. The molecule has 0 aliphatic carbocycles. The van der Waals surface area contributed by atoms with Gasteiger partial charge in [-0.1, -0.05) is 30.3 Å². The van der Waals surface area contributed by atoms with Gasteiger partial charge >= 0.3 is 0 Å². The van der Waals surface area contributed by atoms with E-state index < -0.39 is 0 Å². The van der Waals surface area contributed by atoms with Crippen molar-refractivity contribution >= 4 is 0 Å². The first-order valence-electron chi connectivity index (χ1n) is 4.60. The number of hydrogen-bond acceptors (Lipinski definition) is 2. The van der Waals surface area contributed by atoms with Crippen LogP contribution in [0.3, 0.4) is 0 Å². The zero-order valence-corrected chi connectivity index (χ0v) is 8.29. The molecule has 0 spiro atoms. The topological polar surface area (TPSA) is 21.3 Å². The molecule has 0 aliphatic heterocycles. The van der Waals surface area contributed by atoms with Gasteiger partial charge in [-0.05, 0) is 12.5 Å². The molecule has 0 bridgehead atoms. The zero-order valence-electron chi connectivity index (χ0n) is 8.29. The molecule has 13 heavy (non-hydrogen) atoms. The third kappa shape index (κ3) is 4.06.